The number of rotatable bonds is 5. The van der Waals surface area contributed by atoms with E-state index in [1.54, 1.807) is 0 Å². The number of hydrogen-bond acceptors (Lipinski definition) is 4. The molecule has 0 saturated heterocycles. The van der Waals surface area contributed by atoms with Gasteiger partial charge in [0.1, 0.15) is 10.8 Å². The van der Waals surface area contributed by atoms with E-state index < -0.39 is 0 Å². The molecule has 0 atom stereocenters. The van der Waals surface area contributed by atoms with Crippen LogP contribution >= 0.6 is 12.2 Å². The Morgan fingerprint density at radius 3 is 2.75 bits per heavy atom. The number of nitrogens with two attached hydrogens (primary N) is 1. The predicted octanol–water partition coefficient (Wildman–Crippen LogP) is 1.96. The normalized spacial score (nSPS) is 14.4. The first-order chi connectivity index (χ1) is 9.31. The quantitative estimate of drug-likeness (QED) is 0.813. The van der Waals surface area contributed by atoms with Crippen molar-refractivity contribution in [1.82, 2.24) is 9.88 Å². The number of nitrogens with one attached hydrogen (secondary N) is 1. The summed E-state index contributed by atoms with van der Waals surface area (Å²) < 4.78 is 0. The number of anilines is 1. The molecular formula is C15H24N4S. The van der Waals surface area contributed by atoms with Crippen molar-refractivity contribution in [2.45, 2.75) is 38.6 Å². The highest BCUT2D eigenvalue weighted by Gasteiger charge is 2.22. The maximum atomic E-state index is 5.85. The third-order valence-electron chi connectivity index (χ3n) is 4.22. The van der Waals surface area contributed by atoms with Gasteiger partial charge in [0, 0.05) is 17.8 Å². The lowest BCUT2D eigenvalue weighted by atomic mass is 10.0. The maximum Gasteiger partial charge on any atom is 0.136 e. The van der Waals surface area contributed by atoms with Crippen LogP contribution < -0.4 is 11.1 Å². The summed E-state index contributed by atoms with van der Waals surface area (Å²) in [6.07, 6.45) is 3.31. The first-order valence-corrected chi connectivity index (χ1v) is 7.46. The Morgan fingerprint density at radius 2 is 2.15 bits per heavy atom. The summed E-state index contributed by atoms with van der Waals surface area (Å²) in [4.78, 5) is 7.34. The van der Waals surface area contributed by atoms with Crippen molar-refractivity contribution in [2.75, 3.05) is 26.0 Å². The molecule has 0 aliphatic heterocycles. The fourth-order valence-electron chi connectivity index (χ4n) is 2.25. The van der Waals surface area contributed by atoms with Crippen LogP contribution in [-0.2, 0) is 12.8 Å². The predicted molar refractivity (Wildman–Crippen MR) is 88.4 cm³/mol. The van der Waals surface area contributed by atoms with Gasteiger partial charge in [-0.2, -0.15) is 0 Å². The van der Waals surface area contributed by atoms with E-state index in [1.807, 2.05) is 0 Å². The lowest BCUT2D eigenvalue weighted by Crippen LogP contribution is -2.44. The average molecular weight is 292 g/mol. The van der Waals surface area contributed by atoms with Crippen LogP contribution in [0.5, 0.6) is 0 Å². The number of pyridine rings is 1. The zero-order valence-electron chi connectivity index (χ0n) is 12.8. The third-order valence-corrected chi connectivity index (χ3v) is 4.44. The van der Waals surface area contributed by atoms with Crippen LogP contribution in [0.3, 0.4) is 0 Å². The van der Waals surface area contributed by atoms with Crippen molar-refractivity contribution in [3.05, 3.63) is 22.9 Å². The van der Waals surface area contributed by atoms with Crippen LogP contribution in [0.4, 0.5) is 5.82 Å². The number of hydrogen-bond donors (Lipinski definition) is 2. The SMILES string of the molecule is CN(C)C(C)(C)CNc1nc2c(cc1C(N)=S)CCC2. The van der Waals surface area contributed by atoms with Crippen LogP contribution in [0.15, 0.2) is 6.07 Å². The van der Waals surface area contributed by atoms with E-state index in [9.17, 15) is 0 Å². The van der Waals surface area contributed by atoms with Crippen molar-refractivity contribution in [2.24, 2.45) is 5.73 Å². The van der Waals surface area contributed by atoms with Gasteiger partial charge in [-0.15, -0.1) is 0 Å². The Kier molecular flexibility index (Phi) is 4.30. The standard InChI is InChI=1S/C15H24N4S/c1-15(2,19(3)4)9-17-14-11(13(16)20)8-10-6-5-7-12(10)18-14/h8H,5-7,9H2,1-4H3,(H2,16,20)(H,17,18). The Balaban J connectivity index is 2.25. The number of aryl methyl sites for hydroxylation is 2. The molecule has 1 heterocycles. The van der Waals surface area contributed by atoms with Crippen LogP contribution in [0.2, 0.25) is 0 Å². The molecule has 0 fully saturated rings. The highest BCUT2D eigenvalue weighted by atomic mass is 32.1. The summed E-state index contributed by atoms with van der Waals surface area (Å²) in [5.74, 6) is 0.827. The topological polar surface area (TPSA) is 54.2 Å². The molecule has 1 aliphatic rings. The summed E-state index contributed by atoms with van der Waals surface area (Å²) in [6, 6.07) is 2.11. The molecule has 0 unspecified atom stereocenters. The lowest BCUT2D eigenvalue weighted by molar-refractivity contribution is 0.210. The van der Waals surface area contributed by atoms with Crippen LogP contribution in [-0.4, -0.2) is 41.1 Å². The molecule has 0 bridgehead atoms. The van der Waals surface area contributed by atoms with E-state index in [1.165, 1.54) is 17.7 Å². The molecule has 2 rings (SSSR count). The number of thiocarbonyl (C=S) groups is 1. The monoisotopic (exact) mass is 292 g/mol. The smallest absolute Gasteiger partial charge is 0.136 e. The van der Waals surface area contributed by atoms with Crippen molar-refractivity contribution < 1.29 is 0 Å². The Hall–Kier alpha value is -1.20. The minimum Gasteiger partial charge on any atom is -0.389 e. The minimum absolute atomic E-state index is 0.0359. The van der Waals surface area contributed by atoms with Gasteiger partial charge in [0.05, 0.1) is 5.56 Å². The second-order valence-electron chi connectivity index (χ2n) is 6.27. The average Bonchev–Trinajstić information content (AvgIpc) is 2.81. The van der Waals surface area contributed by atoms with E-state index in [-0.39, 0.29) is 5.54 Å². The molecule has 1 aromatic heterocycles. The molecule has 0 saturated carbocycles. The largest absolute Gasteiger partial charge is 0.389 e. The zero-order valence-corrected chi connectivity index (χ0v) is 13.6. The highest BCUT2D eigenvalue weighted by Crippen LogP contribution is 2.26. The van der Waals surface area contributed by atoms with Crippen molar-refractivity contribution in [3.63, 3.8) is 0 Å². The van der Waals surface area contributed by atoms with Gasteiger partial charge < -0.3 is 16.0 Å². The van der Waals surface area contributed by atoms with Gasteiger partial charge in [-0.3, -0.25) is 0 Å². The second kappa shape index (κ2) is 5.66. The zero-order chi connectivity index (χ0) is 14.9. The molecular weight excluding hydrogens is 268 g/mol. The van der Waals surface area contributed by atoms with Gasteiger partial charge >= 0.3 is 0 Å². The van der Waals surface area contributed by atoms with Gasteiger partial charge in [0.15, 0.2) is 0 Å². The summed E-state index contributed by atoms with van der Waals surface area (Å²) in [7, 11) is 4.15. The number of fused-ring (bicyclic) bond motifs is 1. The second-order valence-corrected chi connectivity index (χ2v) is 6.71. The van der Waals surface area contributed by atoms with Crippen molar-refractivity contribution in [3.8, 4) is 0 Å². The minimum atomic E-state index is 0.0359. The van der Waals surface area contributed by atoms with Crippen LogP contribution in [0.1, 0.15) is 37.1 Å². The molecule has 5 heteroatoms. The fourth-order valence-corrected chi connectivity index (χ4v) is 2.41. The Bertz CT molecular complexity index is 523. The van der Waals surface area contributed by atoms with Gasteiger partial charge in [0.25, 0.3) is 0 Å². The van der Waals surface area contributed by atoms with E-state index in [4.69, 9.17) is 22.9 Å². The molecule has 4 nitrogen and oxygen atoms in total. The summed E-state index contributed by atoms with van der Waals surface area (Å²) in [5, 5.41) is 3.43. The molecule has 3 N–H and O–H groups in total. The van der Waals surface area contributed by atoms with E-state index >= 15 is 0 Å². The van der Waals surface area contributed by atoms with E-state index in [2.05, 4.69) is 44.2 Å². The molecule has 0 radical (unpaired) electrons. The Morgan fingerprint density at radius 1 is 1.45 bits per heavy atom. The molecule has 110 valence electrons. The molecule has 0 aromatic carbocycles. The molecule has 0 amide bonds. The van der Waals surface area contributed by atoms with Gasteiger partial charge in [-0.25, -0.2) is 4.98 Å². The summed E-state index contributed by atoms with van der Waals surface area (Å²) in [6.45, 7) is 5.17. The Labute approximate surface area is 126 Å². The number of nitrogens with zero attached hydrogens (tertiary/aromatic N) is 2. The highest BCUT2D eigenvalue weighted by molar-refractivity contribution is 7.80. The lowest BCUT2D eigenvalue weighted by Gasteiger charge is -2.33. The molecule has 20 heavy (non-hydrogen) atoms. The molecule has 1 aliphatic carbocycles. The van der Waals surface area contributed by atoms with Crippen LogP contribution in [0.25, 0.3) is 0 Å². The summed E-state index contributed by atoms with van der Waals surface area (Å²) >= 11 is 5.17. The summed E-state index contributed by atoms with van der Waals surface area (Å²) in [5.41, 5.74) is 9.24. The van der Waals surface area contributed by atoms with Crippen LogP contribution in [0, 0.1) is 0 Å². The maximum absolute atomic E-state index is 5.85. The fraction of sp³-hybridized carbons (Fsp3) is 0.600. The number of aromatic nitrogens is 1. The van der Waals surface area contributed by atoms with Crippen molar-refractivity contribution in [1.29, 1.82) is 0 Å². The van der Waals surface area contributed by atoms with Gasteiger partial charge in [-0.05, 0) is 58.8 Å². The first-order valence-electron chi connectivity index (χ1n) is 7.05. The van der Waals surface area contributed by atoms with Crippen molar-refractivity contribution >= 4 is 23.0 Å². The molecule has 0 spiro atoms. The first kappa shape index (κ1) is 15.2. The van der Waals surface area contributed by atoms with Gasteiger partial charge in [-0.1, -0.05) is 12.2 Å². The van der Waals surface area contributed by atoms with Gasteiger partial charge in [0.2, 0.25) is 0 Å². The van der Waals surface area contributed by atoms with E-state index in [0.29, 0.717) is 4.99 Å². The number of likely N-dealkylation sites (N-methyl/N-ethyl adjacent to an activating group) is 1. The van der Waals surface area contributed by atoms with E-state index in [0.717, 1.165) is 30.8 Å². The third kappa shape index (κ3) is 3.10. The molecule has 1 aromatic rings.